The van der Waals surface area contributed by atoms with E-state index in [1.165, 1.54) is 0 Å². The van der Waals surface area contributed by atoms with Crippen LogP contribution in [0.25, 0.3) is 0 Å². The minimum Gasteiger partial charge on any atom is -0.502 e. The summed E-state index contributed by atoms with van der Waals surface area (Å²) < 4.78 is 2.22. The number of rotatable bonds is 0. The Hall–Kier alpha value is -1.43. The third kappa shape index (κ3) is 3.67. The van der Waals surface area contributed by atoms with E-state index in [0.717, 1.165) is 6.20 Å². The van der Waals surface area contributed by atoms with Gasteiger partial charge in [-0.3, -0.25) is 4.79 Å². The molecule has 0 bridgehead atoms. The third-order valence-corrected chi connectivity index (χ3v) is 0.908. The predicted molar refractivity (Wildman–Crippen MR) is 42.3 cm³/mol. The second kappa shape index (κ2) is 5.25. The van der Waals surface area contributed by atoms with Gasteiger partial charge in [-0.15, -0.1) is 0 Å². The molecule has 0 aliphatic rings. The van der Waals surface area contributed by atoms with Gasteiger partial charge in [-0.25, -0.2) is 4.98 Å². The Balaban J connectivity index is 0.000000354. The van der Waals surface area contributed by atoms with Crippen molar-refractivity contribution < 1.29 is 5.11 Å². The third-order valence-electron chi connectivity index (χ3n) is 0.908. The highest BCUT2D eigenvalue weighted by Gasteiger charge is 1.93. The number of aromatic hydroxyl groups is 1. The molecule has 0 saturated carbocycles. The van der Waals surface area contributed by atoms with Crippen molar-refractivity contribution in [2.45, 2.75) is 6.92 Å². The first-order valence-electron chi connectivity index (χ1n) is 2.84. The van der Waals surface area contributed by atoms with Crippen LogP contribution in [0.5, 0.6) is 5.75 Å². The summed E-state index contributed by atoms with van der Waals surface area (Å²) in [5.74, 6) is 0.151. The quantitative estimate of drug-likeness (QED) is 0.531. The lowest BCUT2D eigenvalue weighted by molar-refractivity contribution is 0.462. The number of H-pyrrole nitrogens is 1. The van der Waals surface area contributed by atoms with Gasteiger partial charge in [0.05, 0.1) is 18.0 Å². The van der Waals surface area contributed by atoms with Crippen LogP contribution in [-0.4, -0.2) is 15.1 Å². The molecule has 0 atom stereocenters. The van der Waals surface area contributed by atoms with Crippen molar-refractivity contribution in [2.24, 2.45) is 4.63 Å². The van der Waals surface area contributed by atoms with Crippen LogP contribution in [-0.2, 0) is 0 Å². The van der Waals surface area contributed by atoms with Gasteiger partial charge >= 0.3 is 0 Å². The topological polar surface area (TPSA) is 102 Å². The molecule has 1 rings (SSSR count). The predicted octanol–water partition coefficient (Wildman–Crippen LogP) is 0.955. The summed E-state index contributed by atoms with van der Waals surface area (Å²) in [6.07, 6.45) is 1.12. The molecule has 0 fully saturated rings. The number of aromatic nitrogens is 2. The molecular formula is C5H7ClN4O2. The van der Waals surface area contributed by atoms with E-state index in [2.05, 4.69) is 26.4 Å². The van der Waals surface area contributed by atoms with Crippen molar-refractivity contribution in [1.82, 2.24) is 9.97 Å². The number of hydrogen-bond acceptors (Lipinski definition) is 5. The Morgan fingerprint density at radius 1 is 1.83 bits per heavy atom. The average molecular weight is 191 g/mol. The normalized spacial score (nSPS) is 8.17. The molecule has 0 aromatic carbocycles. The van der Waals surface area contributed by atoms with Crippen molar-refractivity contribution in [1.29, 1.82) is 5.53 Å². The molecule has 7 heteroatoms. The molecule has 1 aromatic rings. The molecule has 0 saturated heterocycles. The van der Waals surface area contributed by atoms with E-state index in [1.54, 1.807) is 6.92 Å². The zero-order valence-electron chi connectivity index (χ0n) is 6.21. The maximum atomic E-state index is 10.5. The summed E-state index contributed by atoms with van der Waals surface area (Å²) >= 11 is 4.29. The molecule has 6 nitrogen and oxygen atoms in total. The lowest BCUT2D eigenvalue weighted by atomic mass is 10.5. The highest BCUT2D eigenvalue weighted by atomic mass is 35.5. The van der Waals surface area contributed by atoms with E-state index in [0.29, 0.717) is 5.82 Å². The Kier molecular flexibility index (Phi) is 4.62. The van der Waals surface area contributed by atoms with Crippen LogP contribution in [0.2, 0.25) is 0 Å². The molecule has 1 aromatic heterocycles. The van der Waals surface area contributed by atoms with Gasteiger partial charge in [0.25, 0.3) is 5.56 Å². The molecule has 0 unspecified atom stereocenters. The highest BCUT2D eigenvalue weighted by Crippen LogP contribution is 1.92. The minimum absolute atomic E-state index is 0.347. The Morgan fingerprint density at radius 3 is 2.67 bits per heavy atom. The minimum atomic E-state index is -0.498. The number of halogens is 1. The lowest BCUT2D eigenvalue weighted by Gasteiger charge is -1.89. The van der Waals surface area contributed by atoms with Gasteiger partial charge in [-0.1, -0.05) is 4.63 Å². The fraction of sp³-hybridized carbons (Fsp3) is 0.200. The highest BCUT2D eigenvalue weighted by molar-refractivity contribution is 6.13. The first-order valence-corrected chi connectivity index (χ1v) is 3.18. The molecule has 0 aliphatic carbocycles. The molecule has 66 valence electrons. The maximum absolute atomic E-state index is 10.5. The van der Waals surface area contributed by atoms with Gasteiger partial charge in [-0.2, -0.15) is 5.53 Å². The zero-order chi connectivity index (χ0) is 9.56. The molecule has 0 spiro atoms. The molecule has 1 heterocycles. The summed E-state index contributed by atoms with van der Waals surface area (Å²) in [5, 5.41) is 8.64. The largest absolute Gasteiger partial charge is 0.502 e. The van der Waals surface area contributed by atoms with Crippen LogP contribution in [0.15, 0.2) is 15.6 Å². The molecule has 0 amide bonds. The van der Waals surface area contributed by atoms with E-state index in [4.69, 9.17) is 10.6 Å². The van der Waals surface area contributed by atoms with E-state index < -0.39 is 5.56 Å². The fourth-order valence-electron chi connectivity index (χ4n) is 0.477. The van der Waals surface area contributed by atoms with Crippen LogP contribution in [0.1, 0.15) is 5.82 Å². The van der Waals surface area contributed by atoms with Crippen LogP contribution in [0.3, 0.4) is 0 Å². The molecular weight excluding hydrogens is 184 g/mol. The van der Waals surface area contributed by atoms with Gasteiger partial charge in [0.15, 0.2) is 5.75 Å². The first-order chi connectivity index (χ1) is 5.61. The van der Waals surface area contributed by atoms with Crippen molar-refractivity contribution in [2.75, 3.05) is 0 Å². The Labute approximate surface area is 72.8 Å². The summed E-state index contributed by atoms with van der Waals surface area (Å²) in [5.41, 5.74) is 5.10. The number of aryl methyl sites for hydroxylation is 1. The molecule has 12 heavy (non-hydrogen) atoms. The summed E-state index contributed by atoms with van der Waals surface area (Å²) in [6.45, 7) is 1.64. The van der Waals surface area contributed by atoms with E-state index in [9.17, 15) is 4.79 Å². The van der Waals surface area contributed by atoms with Gasteiger partial charge in [0.1, 0.15) is 5.82 Å². The Morgan fingerprint density at radius 2 is 2.33 bits per heavy atom. The molecule has 0 radical (unpaired) electrons. The first kappa shape index (κ1) is 10.6. The molecule has 0 aliphatic heterocycles. The van der Waals surface area contributed by atoms with Crippen molar-refractivity contribution in [3.05, 3.63) is 22.4 Å². The monoisotopic (exact) mass is 190 g/mol. The maximum Gasteiger partial charge on any atom is 0.293 e. The Bertz CT molecular complexity index is 311. The second-order valence-corrected chi connectivity index (χ2v) is 1.94. The number of nitrogens with zero attached hydrogens (tertiary/aromatic N) is 2. The molecule has 3 N–H and O–H groups in total. The van der Waals surface area contributed by atoms with Crippen molar-refractivity contribution in [3.63, 3.8) is 0 Å². The van der Waals surface area contributed by atoms with Gasteiger partial charge < -0.3 is 10.1 Å². The van der Waals surface area contributed by atoms with E-state index >= 15 is 0 Å². The standard InChI is InChI=1S/C5H6N2O2.ClHN2/c1-3-6-2-4(8)5(9)7-3;1-3-2/h2,8H,1H3,(H,6,7,9);2H. The van der Waals surface area contributed by atoms with E-state index in [-0.39, 0.29) is 5.75 Å². The van der Waals surface area contributed by atoms with E-state index in [1.807, 2.05) is 0 Å². The van der Waals surface area contributed by atoms with Gasteiger partial charge in [0.2, 0.25) is 0 Å². The summed E-state index contributed by atoms with van der Waals surface area (Å²) in [7, 11) is 0. The smallest absolute Gasteiger partial charge is 0.293 e. The van der Waals surface area contributed by atoms with Crippen LogP contribution in [0, 0.1) is 12.5 Å². The summed E-state index contributed by atoms with van der Waals surface area (Å²) in [4.78, 5) is 16.4. The van der Waals surface area contributed by atoms with Crippen molar-refractivity contribution >= 4 is 11.8 Å². The number of nitrogens with one attached hydrogen (secondary N) is 2. The summed E-state index contributed by atoms with van der Waals surface area (Å²) in [6, 6.07) is 0. The average Bonchev–Trinajstić information content (AvgIpc) is 1.99. The fourth-order valence-corrected chi connectivity index (χ4v) is 0.477. The van der Waals surface area contributed by atoms with Gasteiger partial charge in [0, 0.05) is 0 Å². The van der Waals surface area contributed by atoms with Crippen LogP contribution < -0.4 is 5.56 Å². The van der Waals surface area contributed by atoms with Gasteiger partial charge in [-0.05, 0) is 6.92 Å². The second-order valence-electron chi connectivity index (χ2n) is 1.77. The van der Waals surface area contributed by atoms with Crippen LogP contribution >= 0.6 is 11.8 Å². The number of aromatic amines is 1. The lowest BCUT2D eigenvalue weighted by Crippen LogP contribution is -2.07. The van der Waals surface area contributed by atoms with Crippen LogP contribution in [0.4, 0.5) is 0 Å². The zero-order valence-corrected chi connectivity index (χ0v) is 6.96. The SMILES string of the molecule is Cc1ncc(O)c(=O)[nH]1.N=NCl. The number of hydrogen-bond donors (Lipinski definition) is 3. The van der Waals surface area contributed by atoms with Crippen molar-refractivity contribution in [3.8, 4) is 5.75 Å².